The van der Waals surface area contributed by atoms with Crippen LogP contribution in [0.4, 0.5) is 14.9 Å². The summed E-state index contributed by atoms with van der Waals surface area (Å²) >= 11 is 8.03. The zero-order chi connectivity index (χ0) is 21.1. The number of hydrogen-bond acceptors (Lipinski definition) is 5. The van der Waals surface area contributed by atoms with E-state index in [4.69, 9.17) is 21.1 Å². The Labute approximate surface area is 181 Å². The molecule has 9 heteroatoms. The van der Waals surface area contributed by atoms with E-state index in [2.05, 4.69) is 5.32 Å². The summed E-state index contributed by atoms with van der Waals surface area (Å²) in [5.74, 6) is 1.73. The van der Waals surface area contributed by atoms with Crippen LogP contribution in [0, 0.1) is 5.82 Å². The van der Waals surface area contributed by atoms with E-state index < -0.39 is 17.5 Å². The summed E-state index contributed by atoms with van der Waals surface area (Å²) in [7, 11) is 1.76. The Bertz CT molecular complexity index is 860. The fourth-order valence-electron chi connectivity index (χ4n) is 2.64. The Kier molecular flexibility index (Phi) is 7.36. The van der Waals surface area contributed by atoms with E-state index in [1.807, 2.05) is 28.5 Å². The van der Waals surface area contributed by atoms with Crippen molar-refractivity contribution in [2.24, 2.45) is 0 Å². The second-order valence-electron chi connectivity index (χ2n) is 7.01. The number of carbonyl (C=O) groups is 1. The number of nitrogens with zero attached hydrogens (tertiary/aromatic N) is 1. The van der Waals surface area contributed by atoms with Crippen LogP contribution in [0.3, 0.4) is 0 Å². The fourth-order valence-corrected chi connectivity index (χ4v) is 4.13. The monoisotopic (exact) mass is 522 g/mol. The van der Waals surface area contributed by atoms with Gasteiger partial charge in [-0.3, -0.25) is 0 Å². The van der Waals surface area contributed by atoms with Crippen molar-refractivity contribution in [3.05, 3.63) is 32.8 Å². The van der Waals surface area contributed by atoms with E-state index in [9.17, 15) is 14.0 Å². The highest BCUT2D eigenvalue weighted by Gasteiger charge is 2.30. The molecule has 0 atom stereocenters. The molecule has 0 aliphatic carbocycles. The molecule has 6 nitrogen and oxygen atoms in total. The molecule has 0 unspecified atom stereocenters. The second kappa shape index (κ2) is 9.15. The molecule has 152 valence electrons. The number of anilines is 1. The molecule has 0 saturated carbocycles. The van der Waals surface area contributed by atoms with Gasteiger partial charge in [0, 0.05) is 24.4 Å². The van der Waals surface area contributed by atoms with Gasteiger partial charge < -0.3 is 19.7 Å². The number of rotatable bonds is 5. The van der Waals surface area contributed by atoms with Gasteiger partial charge in [-0.15, -0.1) is 11.6 Å². The summed E-state index contributed by atoms with van der Waals surface area (Å²) in [6.07, 6.45) is -0.567. The van der Waals surface area contributed by atoms with Crippen LogP contribution in [0.15, 0.2) is 21.4 Å². The van der Waals surface area contributed by atoms with E-state index in [1.54, 1.807) is 32.7 Å². The Balaban J connectivity index is 2.21. The number of fused-ring (bicyclic) bond motifs is 1. The lowest BCUT2D eigenvalue weighted by molar-refractivity contribution is 0.0520. The largest absolute Gasteiger partial charge is 0.489 e. The Morgan fingerprint density at radius 3 is 2.64 bits per heavy atom. The van der Waals surface area contributed by atoms with E-state index in [0.29, 0.717) is 20.5 Å². The van der Waals surface area contributed by atoms with Gasteiger partial charge in [-0.1, -0.05) is 0 Å². The second-order valence-corrected chi connectivity index (χ2v) is 8.35. The minimum absolute atomic E-state index is 0.0835. The SMILES string of the molecule is CN1C(CCl)=C(I)C(=C=O)c2cc(F)cc(OCCNC(=O)OC(C)(C)C)c21. The van der Waals surface area contributed by atoms with Crippen molar-refractivity contribution in [1.82, 2.24) is 5.32 Å². The molecular weight excluding hydrogens is 502 g/mol. The van der Waals surface area contributed by atoms with Crippen LogP contribution in [-0.4, -0.2) is 43.7 Å². The maximum absolute atomic E-state index is 14.1. The first-order valence-electron chi connectivity index (χ1n) is 8.46. The molecule has 1 aromatic rings. The maximum atomic E-state index is 14.1. The first-order chi connectivity index (χ1) is 13.1. The molecule has 0 bridgehead atoms. The third kappa shape index (κ3) is 5.18. The van der Waals surface area contributed by atoms with Crippen molar-refractivity contribution in [2.75, 3.05) is 31.0 Å². The van der Waals surface area contributed by atoms with Crippen LogP contribution in [0.1, 0.15) is 26.3 Å². The number of halogens is 3. The molecule has 0 radical (unpaired) electrons. The standard InChI is InChI=1S/C19H21ClFIN2O4/c1-19(2,3)28-18(26)23-5-6-27-15-8-11(21)7-12-13(10-25)16(22)14(9-20)24(4)17(12)15/h7-8H,5-6,9H2,1-4H3,(H,23,26). The zero-order valence-corrected chi connectivity index (χ0v) is 18.9. The van der Waals surface area contributed by atoms with Crippen molar-refractivity contribution < 1.29 is 23.5 Å². The number of amides is 1. The molecule has 28 heavy (non-hydrogen) atoms. The number of ether oxygens (including phenoxy) is 2. The van der Waals surface area contributed by atoms with Gasteiger partial charge in [0.05, 0.1) is 27.3 Å². The van der Waals surface area contributed by atoms with Gasteiger partial charge in [-0.2, -0.15) is 0 Å². The van der Waals surface area contributed by atoms with E-state index in [-0.39, 0.29) is 30.4 Å². The van der Waals surface area contributed by atoms with Crippen LogP contribution in [0.25, 0.3) is 5.57 Å². The number of carbonyl (C=O) groups excluding carboxylic acids is 2. The van der Waals surface area contributed by atoms with E-state index >= 15 is 0 Å². The van der Waals surface area contributed by atoms with Crippen LogP contribution in [-0.2, 0) is 9.53 Å². The molecule has 1 N–H and O–H groups in total. The highest BCUT2D eigenvalue weighted by Crippen LogP contribution is 2.46. The molecule has 0 saturated heterocycles. The summed E-state index contributed by atoms with van der Waals surface area (Å²) in [6.45, 7) is 5.54. The first kappa shape index (κ1) is 22.5. The van der Waals surface area contributed by atoms with Gasteiger partial charge in [0.1, 0.15) is 29.7 Å². The summed E-state index contributed by atoms with van der Waals surface area (Å²) in [4.78, 5) is 24.9. The van der Waals surface area contributed by atoms with Crippen molar-refractivity contribution >= 4 is 57.5 Å². The molecule has 1 heterocycles. The minimum atomic E-state index is -0.603. The van der Waals surface area contributed by atoms with Crippen LogP contribution in [0.5, 0.6) is 5.75 Å². The fraction of sp³-hybridized carbons (Fsp3) is 0.421. The van der Waals surface area contributed by atoms with Gasteiger partial charge >= 0.3 is 6.09 Å². The van der Waals surface area contributed by atoms with Gasteiger partial charge in [0.2, 0.25) is 0 Å². The highest BCUT2D eigenvalue weighted by atomic mass is 127. The maximum Gasteiger partial charge on any atom is 0.407 e. The summed E-state index contributed by atoms with van der Waals surface area (Å²) in [6, 6.07) is 2.50. The van der Waals surface area contributed by atoms with Crippen molar-refractivity contribution in [3.8, 4) is 5.75 Å². The van der Waals surface area contributed by atoms with Gasteiger partial charge in [-0.25, -0.2) is 14.0 Å². The number of hydrogen-bond donors (Lipinski definition) is 1. The average Bonchev–Trinajstić information content (AvgIpc) is 2.57. The Morgan fingerprint density at radius 1 is 1.39 bits per heavy atom. The summed E-state index contributed by atoms with van der Waals surface area (Å²) in [5.41, 5.74) is 1.23. The smallest absolute Gasteiger partial charge is 0.407 e. The van der Waals surface area contributed by atoms with Crippen molar-refractivity contribution in [3.63, 3.8) is 0 Å². The molecule has 0 aromatic heterocycles. The quantitative estimate of drug-likeness (QED) is 0.271. The summed E-state index contributed by atoms with van der Waals surface area (Å²) < 4.78 is 25.6. The number of benzene rings is 1. The molecule has 0 spiro atoms. The molecule has 1 aliphatic heterocycles. The lowest BCUT2D eigenvalue weighted by Crippen LogP contribution is -2.34. The Morgan fingerprint density at radius 2 is 2.07 bits per heavy atom. The van der Waals surface area contributed by atoms with Crippen molar-refractivity contribution in [2.45, 2.75) is 26.4 Å². The zero-order valence-electron chi connectivity index (χ0n) is 16.0. The third-order valence-electron chi connectivity index (χ3n) is 3.78. The topological polar surface area (TPSA) is 67.9 Å². The van der Waals surface area contributed by atoms with E-state index in [0.717, 1.165) is 0 Å². The molecule has 2 rings (SSSR count). The molecular formula is C19H21ClFIN2O4. The van der Waals surface area contributed by atoms with Crippen LogP contribution in [0.2, 0.25) is 0 Å². The normalized spacial score (nSPS) is 13.8. The number of nitrogens with one attached hydrogen (secondary N) is 1. The molecule has 1 aromatic carbocycles. The predicted molar refractivity (Wildman–Crippen MR) is 115 cm³/mol. The highest BCUT2D eigenvalue weighted by molar-refractivity contribution is 14.1. The average molecular weight is 523 g/mol. The molecule has 1 aliphatic rings. The number of alkyl carbamates (subject to hydrolysis) is 1. The molecule has 0 fully saturated rings. The summed E-state index contributed by atoms with van der Waals surface area (Å²) in [5, 5.41) is 2.57. The van der Waals surface area contributed by atoms with Crippen LogP contribution >= 0.6 is 34.2 Å². The predicted octanol–water partition coefficient (Wildman–Crippen LogP) is 4.28. The first-order valence-corrected chi connectivity index (χ1v) is 10.1. The van der Waals surface area contributed by atoms with Gasteiger partial charge in [0.25, 0.3) is 0 Å². The number of allylic oxidation sites excluding steroid dienone is 3. The van der Waals surface area contributed by atoms with Gasteiger partial charge in [0.15, 0.2) is 0 Å². The van der Waals surface area contributed by atoms with Crippen molar-refractivity contribution in [1.29, 1.82) is 0 Å². The van der Waals surface area contributed by atoms with Crippen LogP contribution < -0.4 is 15.0 Å². The third-order valence-corrected chi connectivity index (χ3v) is 5.19. The number of alkyl halides is 1. The van der Waals surface area contributed by atoms with E-state index in [1.165, 1.54) is 12.1 Å². The Hall–Kier alpha value is -1.77. The molecule has 1 amide bonds. The van der Waals surface area contributed by atoms with Gasteiger partial charge in [-0.05, 0) is 49.4 Å². The lowest BCUT2D eigenvalue weighted by Gasteiger charge is -2.32. The lowest BCUT2D eigenvalue weighted by atomic mass is 9.98. The minimum Gasteiger partial charge on any atom is -0.489 e.